The third kappa shape index (κ3) is 7.36. The molecule has 0 aliphatic rings. The second-order valence-electron chi connectivity index (χ2n) is 5.96. The average molecular weight is 447 g/mol. The van der Waals surface area contributed by atoms with E-state index in [9.17, 15) is 31.9 Å². The van der Waals surface area contributed by atoms with Crippen molar-refractivity contribution in [1.82, 2.24) is 0 Å². The first-order chi connectivity index (χ1) is 14.0. The Hall–Kier alpha value is -3.14. The second kappa shape index (κ2) is 10.1. The highest BCUT2D eigenvalue weighted by atomic mass is 35.5. The normalized spacial score (nSPS) is 11.0. The number of anilines is 2. The quantitative estimate of drug-likeness (QED) is 0.488. The minimum absolute atomic E-state index is 0.125. The molecule has 2 aromatic carbocycles. The first-order valence-electron chi connectivity index (χ1n) is 8.42. The summed E-state index contributed by atoms with van der Waals surface area (Å²) in [4.78, 5) is 35.2. The zero-order valence-electron chi connectivity index (χ0n) is 15.2. The van der Waals surface area contributed by atoms with Gasteiger partial charge < -0.3 is 15.4 Å². The molecule has 0 radical (unpaired) electrons. The zero-order chi connectivity index (χ0) is 22.3. The molecule has 0 fully saturated rings. The summed E-state index contributed by atoms with van der Waals surface area (Å²) < 4.78 is 55.6. The molecule has 30 heavy (non-hydrogen) atoms. The maximum absolute atomic E-state index is 12.8. The van der Waals surface area contributed by atoms with Crippen molar-refractivity contribution < 1.29 is 36.7 Å². The molecule has 2 aromatic rings. The number of amides is 2. The van der Waals surface area contributed by atoms with Gasteiger partial charge in [-0.1, -0.05) is 11.6 Å². The van der Waals surface area contributed by atoms with Crippen LogP contribution in [0.1, 0.15) is 18.4 Å². The lowest BCUT2D eigenvalue weighted by Crippen LogP contribution is -2.22. The van der Waals surface area contributed by atoms with Crippen LogP contribution in [0.15, 0.2) is 42.5 Å². The topological polar surface area (TPSA) is 84.5 Å². The van der Waals surface area contributed by atoms with E-state index in [1.807, 2.05) is 0 Å². The van der Waals surface area contributed by atoms with E-state index >= 15 is 0 Å². The molecule has 0 aliphatic heterocycles. The number of alkyl halides is 3. The van der Waals surface area contributed by atoms with E-state index in [0.29, 0.717) is 11.8 Å². The van der Waals surface area contributed by atoms with Crippen molar-refractivity contribution >= 4 is 40.8 Å². The molecule has 0 unspecified atom stereocenters. The highest BCUT2D eigenvalue weighted by Gasteiger charge is 2.31. The van der Waals surface area contributed by atoms with Crippen molar-refractivity contribution in [2.75, 3.05) is 17.2 Å². The molecule has 0 spiro atoms. The van der Waals surface area contributed by atoms with Crippen LogP contribution >= 0.6 is 11.6 Å². The van der Waals surface area contributed by atoms with E-state index in [1.165, 1.54) is 12.1 Å². The van der Waals surface area contributed by atoms with E-state index < -0.39 is 41.9 Å². The molecule has 0 aromatic heterocycles. The summed E-state index contributed by atoms with van der Waals surface area (Å²) in [6.45, 7) is -0.773. The molecule has 0 saturated carbocycles. The minimum Gasteiger partial charge on any atom is -0.456 e. The van der Waals surface area contributed by atoms with Crippen LogP contribution < -0.4 is 10.6 Å². The van der Waals surface area contributed by atoms with Crippen LogP contribution in [0.4, 0.5) is 28.9 Å². The molecule has 11 heteroatoms. The summed E-state index contributed by atoms with van der Waals surface area (Å²) in [5.41, 5.74) is -0.954. The summed E-state index contributed by atoms with van der Waals surface area (Å²) in [5, 5.41) is 4.44. The lowest BCUT2D eigenvalue weighted by atomic mass is 10.2. The van der Waals surface area contributed by atoms with Gasteiger partial charge in [-0.25, -0.2) is 4.39 Å². The molecule has 0 bridgehead atoms. The summed E-state index contributed by atoms with van der Waals surface area (Å²) in [6.07, 6.45) is -5.22. The molecule has 160 valence electrons. The first-order valence-corrected chi connectivity index (χ1v) is 8.80. The van der Waals surface area contributed by atoms with Gasteiger partial charge in [0.05, 0.1) is 22.7 Å². The van der Waals surface area contributed by atoms with E-state index in [0.717, 1.165) is 24.3 Å². The molecular weight excluding hydrogens is 432 g/mol. The van der Waals surface area contributed by atoms with Gasteiger partial charge in [0.2, 0.25) is 5.91 Å². The zero-order valence-corrected chi connectivity index (χ0v) is 15.9. The molecule has 0 saturated heterocycles. The highest BCUT2D eigenvalue weighted by molar-refractivity contribution is 6.33. The third-order valence-electron chi connectivity index (χ3n) is 3.62. The molecule has 6 nitrogen and oxygen atoms in total. The number of ether oxygens (including phenoxy) is 1. The molecule has 0 heterocycles. The van der Waals surface area contributed by atoms with Gasteiger partial charge in [-0.05, 0) is 42.5 Å². The van der Waals surface area contributed by atoms with Crippen molar-refractivity contribution in [3.63, 3.8) is 0 Å². The lowest BCUT2D eigenvalue weighted by Gasteiger charge is -2.12. The van der Waals surface area contributed by atoms with Gasteiger partial charge in [0.1, 0.15) is 5.82 Å². The Morgan fingerprint density at radius 2 is 1.60 bits per heavy atom. The monoisotopic (exact) mass is 446 g/mol. The summed E-state index contributed by atoms with van der Waals surface area (Å²) in [6, 6.07) is 7.38. The molecule has 2 rings (SSSR count). The van der Waals surface area contributed by atoms with Crippen LogP contribution in [0, 0.1) is 5.82 Å². The fraction of sp³-hybridized carbons (Fsp3) is 0.211. The number of hydrogen-bond acceptors (Lipinski definition) is 4. The summed E-state index contributed by atoms with van der Waals surface area (Å²) >= 11 is 5.76. The summed E-state index contributed by atoms with van der Waals surface area (Å²) in [5.74, 6) is -2.77. The van der Waals surface area contributed by atoms with Crippen molar-refractivity contribution in [1.29, 1.82) is 0 Å². The van der Waals surface area contributed by atoms with Crippen LogP contribution in [0.25, 0.3) is 0 Å². The maximum Gasteiger partial charge on any atom is 0.416 e. The lowest BCUT2D eigenvalue weighted by molar-refractivity contribution is -0.147. The SMILES string of the molecule is O=C(CCC(=O)OCC(=O)Nc1cc(C(F)(F)F)ccc1Cl)Nc1ccc(F)cc1. The number of nitrogens with one attached hydrogen (secondary N) is 2. The van der Waals surface area contributed by atoms with Crippen molar-refractivity contribution in [2.45, 2.75) is 19.0 Å². The fourth-order valence-electron chi connectivity index (χ4n) is 2.17. The van der Waals surface area contributed by atoms with Crippen LogP contribution in [-0.4, -0.2) is 24.4 Å². The second-order valence-corrected chi connectivity index (χ2v) is 6.36. The van der Waals surface area contributed by atoms with E-state index in [4.69, 9.17) is 11.6 Å². The Labute approximate surface area is 173 Å². The van der Waals surface area contributed by atoms with Gasteiger partial charge in [0.15, 0.2) is 6.61 Å². The van der Waals surface area contributed by atoms with E-state index in [1.54, 1.807) is 0 Å². The summed E-state index contributed by atoms with van der Waals surface area (Å²) in [7, 11) is 0. The van der Waals surface area contributed by atoms with Gasteiger partial charge >= 0.3 is 12.1 Å². The standard InChI is InChI=1S/C19H15ClF4N2O4/c20-14-6-1-11(19(22,23)24)9-15(14)26-17(28)10-30-18(29)8-7-16(27)25-13-4-2-12(21)3-5-13/h1-6,9H,7-8,10H2,(H,25,27)(H,26,28). The number of carbonyl (C=O) groups is 3. The van der Waals surface area contributed by atoms with Gasteiger partial charge in [-0.2, -0.15) is 13.2 Å². The van der Waals surface area contributed by atoms with Crippen molar-refractivity contribution in [2.24, 2.45) is 0 Å². The number of benzene rings is 2. The van der Waals surface area contributed by atoms with Crippen molar-refractivity contribution in [3.8, 4) is 0 Å². The predicted molar refractivity (Wildman–Crippen MR) is 100 cm³/mol. The van der Waals surface area contributed by atoms with E-state index in [2.05, 4.69) is 15.4 Å². The minimum atomic E-state index is -4.62. The molecular formula is C19H15ClF4N2O4. The van der Waals surface area contributed by atoms with Crippen molar-refractivity contribution in [3.05, 3.63) is 58.9 Å². The van der Waals surface area contributed by atoms with Crippen LogP contribution in [-0.2, 0) is 25.3 Å². The number of esters is 1. The first kappa shape index (κ1) is 23.1. The Balaban J connectivity index is 1.77. The molecule has 2 amide bonds. The smallest absolute Gasteiger partial charge is 0.416 e. The molecule has 0 atom stereocenters. The van der Waals surface area contributed by atoms with Crippen LogP contribution in [0.5, 0.6) is 0 Å². The Morgan fingerprint density at radius 3 is 2.23 bits per heavy atom. The molecule has 0 aliphatic carbocycles. The molecule has 2 N–H and O–H groups in total. The highest BCUT2D eigenvalue weighted by Crippen LogP contribution is 2.33. The number of halogens is 5. The van der Waals surface area contributed by atoms with Crippen LogP contribution in [0.3, 0.4) is 0 Å². The largest absolute Gasteiger partial charge is 0.456 e. The predicted octanol–water partition coefficient (Wildman–Crippen LogP) is 4.40. The van der Waals surface area contributed by atoms with Gasteiger partial charge in [-0.15, -0.1) is 0 Å². The Kier molecular flexibility index (Phi) is 7.76. The number of carbonyl (C=O) groups excluding carboxylic acids is 3. The fourth-order valence-corrected chi connectivity index (χ4v) is 2.34. The van der Waals surface area contributed by atoms with Crippen LogP contribution in [0.2, 0.25) is 5.02 Å². The van der Waals surface area contributed by atoms with Gasteiger partial charge in [0.25, 0.3) is 5.91 Å². The average Bonchev–Trinajstić information content (AvgIpc) is 2.67. The van der Waals surface area contributed by atoms with Gasteiger partial charge in [0, 0.05) is 12.1 Å². The Bertz CT molecular complexity index is 933. The third-order valence-corrected chi connectivity index (χ3v) is 3.95. The maximum atomic E-state index is 12.8. The number of rotatable bonds is 7. The number of hydrogen-bond donors (Lipinski definition) is 2. The van der Waals surface area contributed by atoms with Gasteiger partial charge in [-0.3, -0.25) is 14.4 Å². The van der Waals surface area contributed by atoms with E-state index in [-0.39, 0.29) is 23.6 Å². The Morgan fingerprint density at radius 1 is 0.933 bits per heavy atom.